The SMILES string of the molecule is COc1ccc(C(=O)N2CCC(CCN(C)CC3CCC(n4cc(NC(=O)c5cnn6ccc(N7CCC[C@H](O)C7)nc56)c(C(F)F)n4)CC3)CC2)cc1N1CCC(=O)NC1=O. The van der Waals surface area contributed by atoms with Crippen molar-refractivity contribution in [3.8, 4) is 5.75 Å². The largest absolute Gasteiger partial charge is 0.495 e. The molecule has 62 heavy (non-hydrogen) atoms. The second-order valence-corrected chi connectivity index (χ2v) is 17.1. The number of hydrogen-bond donors (Lipinski definition) is 3. The molecule has 0 spiro atoms. The van der Waals surface area contributed by atoms with Crippen molar-refractivity contribution in [2.75, 3.05) is 75.1 Å². The third-order valence-electron chi connectivity index (χ3n) is 12.9. The molecule has 1 aliphatic carbocycles. The number of nitrogens with one attached hydrogen (secondary N) is 2. The molecule has 0 bridgehead atoms. The molecule has 3 N–H and O–H groups in total. The number of β-amino-alcohol motifs (C(OH)–C–C–N with tert-alkyl or cyclic N) is 1. The molecule has 5 amide bonds. The number of rotatable bonds is 13. The summed E-state index contributed by atoms with van der Waals surface area (Å²) < 4.78 is 37.1. The second kappa shape index (κ2) is 18.7. The van der Waals surface area contributed by atoms with E-state index in [2.05, 4.69) is 37.8 Å². The summed E-state index contributed by atoms with van der Waals surface area (Å²) in [5, 5.41) is 23.6. The molecule has 4 aromatic rings. The molecular weight excluding hydrogens is 805 g/mol. The molecule has 8 rings (SSSR count). The molecule has 6 heterocycles. The third-order valence-corrected chi connectivity index (χ3v) is 12.9. The number of likely N-dealkylation sites (tertiary alicyclic amines) is 1. The van der Waals surface area contributed by atoms with Crippen LogP contribution in [0.15, 0.2) is 42.9 Å². The van der Waals surface area contributed by atoms with Gasteiger partial charge in [0.2, 0.25) is 5.91 Å². The summed E-state index contributed by atoms with van der Waals surface area (Å²) in [6.45, 7) is 4.53. The number of halogens is 2. The average molecular weight is 860 g/mol. The number of ether oxygens (including phenoxy) is 1. The van der Waals surface area contributed by atoms with Gasteiger partial charge in [-0.1, -0.05) is 0 Å². The lowest BCUT2D eigenvalue weighted by atomic mass is 9.85. The van der Waals surface area contributed by atoms with E-state index in [1.54, 1.807) is 35.1 Å². The molecule has 0 unspecified atom stereocenters. The molecule has 332 valence electrons. The first-order valence-electron chi connectivity index (χ1n) is 21.7. The van der Waals surface area contributed by atoms with Crippen molar-refractivity contribution in [1.29, 1.82) is 0 Å². The standard InChI is InChI=1S/C43H55F2N11O6/c1-51(17-11-27-12-18-52(19-13-27)42(60)29-7-10-35(62-2)34(22-29)54-20-15-37(58)49-43(54)61)24-28-5-8-30(9-6-28)56-26-33(38(50-56)39(44)45)47-41(59)32-23-46-55-21-14-36(48-40(32)55)53-16-3-4-31(57)25-53/h7,10,14,21-23,26-28,30-31,39,57H,3-6,8-9,11-13,15-20,24-25H2,1-2H3,(H,47,59)(H,49,58,61)/t28?,30?,31-/m0/s1. The summed E-state index contributed by atoms with van der Waals surface area (Å²) in [6, 6.07) is 6.24. The number of hydrogen-bond acceptors (Lipinski definition) is 11. The van der Waals surface area contributed by atoms with E-state index in [-0.39, 0.29) is 42.1 Å². The zero-order valence-electron chi connectivity index (χ0n) is 35.2. The summed E-state index contributed by atoms with van der Waals surface area (Å²) in [5.41, 5.74) is 0.858. The van der Waals surface area contributed by atoms with Gasteiger partial charge in [-0.15, -0.1) is 0 Å². The summed E-state index contributed by atoms with van der Waals surface area (Å²) in [7, 11) is 3.64. The van der Waals surface area contributed by atoms with E-state index in [0.717, 1.165) is 77.4 Å². The van der Waals surface area contributed by atoms with Crippen molar-refractivity contribution < 1.29 is 37.8 Å². The molecule has 1 aromatic carbocycles. The van der Waals surface area contributed by atoms with Crippen molar-refractivity contribution in [2.45, 2.75) is 82.8 Å². The Hall–Kier alpha value is -5.69. The van der Waals surface area contributed by atoms with Crippen LogP contribution in [0, 0.1) is 11.8 Å². The highest BCUT2D eigenvalue weighted by Crippen LogP contribution is 2.36. The number of aromatic nitrogens is 5. The van der Waals surface area contributed by atoms with Crippen molar-refractivity contribution in [3.05, 3.63) is 59.7 Å². The fourth-order valence-electron chi connectivity index (χ4n) is 9.36. The zero-order chi connectivity index (χ0) is 43.5. The minimum absolute atomic E-state index is 0.0328. The number of aliphatic hydroxyl groups is 1. The van der Waals surface area contributed by atoms with Gasteiger partial charge in [0.05, 0.1) is 36.8 Å². The lowest BCUT2D eigenvalue weighted by molar-refractivity contribution is -0.120. The number of carbonyl (C=O) groups excluding carboxylic acids is 4. The van der Waals surface area contributed by atoms with Crippen LogP contribution in [0.5, 0.6) is 5.75 Å². The first-order chi connectivity index (χ1) is 29.9. The van der Waals surface area contributed by atoms with E-state index in [0.29, 0.717) is 59.9 Å². The fraction of sp³-hybridized carbons (Fsp3) is 0.558. The van der Waals surface area contributed by atoms with Crippen LogP contribution in [-0.2, 0) is 4.79 Å². The van der Waals surface area contributed by atoms with E-state index in [4.69, 9.17) is 4.74 Å². The molecule has 1 saturated carbocycles. The van der Waals surface area contributed by atoms with Crippen LogP contribution in [0.2, 0.25) is 0 Å². The number of imide groups is 1. The number of nitrogens with zero attached hydrogens (tertiary/aromatic N) is 9. The van der Waals surface area contributed by atoms with Gasteiger partial charge in [-0.2, -0.15) is 10.2 Å². The number of methoxy groups -OCH3 is 1. The van der Waals surface area contributed by atoms with E-state index in [1.807, 2.05) is 9.80 Å². The lowest BCUT2D eigenvalue weighted by Crippen LogP contribution is -2.49. The predicted octanol–water partition coefficient (Wildman–Crippen LogP) is 5.14. The Morgan fingerprint density at radius 3 is 2.55 bits per heavy atom. The number of aliphatic hydroxyl groups excluding tert-OH is 1. The number of urea groups is 1. The van der Waals surface area contributed by atoms with Gasteiger partial charge in [0.15, 0.2) is 11.3 Å². The molecule has 1 atom stereocenters. The van der Waals surface area contributed by atoms with E-state index < -0.39 is 30.2 Å². The quantitative estimate of drug-likeness (QED) is 0.162. The normalized spacial score (nSPS) is 21.5. The van der Waals surface area contributed by atoms with Gasteiger partial charge < -0.3 is 29.9 Å². The van der Waals surface area contributed by atoms with Crippen LogP contribution < -0.4 is 25.2 Å². The molecule has 19 heteroatoms. The Morgan fingerprint density at radius 2 is 1.82 bits per heavy atom. The number of alkyl halides is 2. The zero-order valence-corrected chi connectivity index (χ0v) is 35.2. The minimum Gasteiger partial charge on any atom is -0.495 e. The minimum atomic E-state index is -2.88. The first kappa shape index (κ1) is 43.0. The molecule has 3 saturated heterocycles. The molecule has 3 aromatic heterocycles. The van der Waals surface area contributed by atoms with Gasteiger partial charge in [0.25, 0.3) is 18.2 Å². The van der Waals surface area contributed by atoms with Crippen LogP contribution in [-0.4, -0.2) is 129 Å². The number of amides is 5. The van der Waals surface area contributed by atoms with Crippen LogP contribution in [0.1, 0.15) is 103 Å². The maximum atomic E-state index is 14.3. The fourth-order valence-corrected chi connectivity index (χ4v) is 9.36. The number of carbonyl (C=O) groups is 4. The maximum Gasteiger partial charge on any atom is 0.328 e. The number of benzene rings is 1. The highest BCUT2D eigenvalue weighted by Gasteiger charge is 2.31. The molecule has 4 aliphatic rings. The average Bonchev–Trinajstić information content (AvgIpc) is 3.90. The topological polar surface area (TPSA) is 183 Å². The molecular formula is C43H55F2N11O6. The van der Waals surface area contributed by atoms with Gasteiger partial charge >= 0.3 is 6.03 Å². The molecule has 3 aliphatic heterocycles. The van der Waals surface area contributed by atoms with Gasteiger partial charge in [-0.3, -0.25) is 29.3 Å². The summed E-state index contributed by atoms with van der Waals surface area (Å²) in [6.07, 6.45) is 9.21. The second-order valence-electron chi connectivity index (χ2n) is 17.1. The lowest BCUT2D eigenvalue weighted by Gasteiger charge is -2.34. The van der Waals surface area contributed by atoms with Crippen LogP contribution in [0.3, 0.4) is 0 Å². The molecule has 0 radical (unpaired) electrons. The van der Waals surface area contributed by atoms with E-state index >= 15 is 0 Å². The van der Waals surface area contributed by atoms with Crippen molar-refractivity contribution in [3.63, 3.8) is 0 Å². The number of piperidine rings is 2. The van der Waals surface area contributed by atoms with Gasteiger partial charge in [0.1, 0.15) is 17.1 Å². The van der Waals surface area contributed by atoms with Crippen LogP contribution in [0.25, 0.3) is 5.65 Å². The highest BCUT2D eigenvalue weighted by molar-refractivity contribution is 6.08. The monoisotopic (exact) mass is 859 g/mol. The predicted molar refractivity (Wildman–Crippen MR) is 226 cm³/mol. The van der Waals surface area contributed by atoms with Gasteiger partial charge in [-0.05, 0) is 107 Å². The first-order valence-corrected chi connectivity index (χ1v) is 21.7. The molecule has 4 fully saturated rings. The summed E-state index contributed by atoms with van der Waals surface area (Å²) >= 11 is 0. The number of fused-ring (bicyclic) bond motifs is 1. The summed E-state index contributed by atoms with van der Waals surface area (Å²) in [5.74, 6) is 0.979. The van der Waals surface area contributed by atoms with Crippen LogP contribution >= 0.6 is 0 Å². The third kappa shape index (κ3) is 9.52. The van der Waals surface area contributed by atoms with Crippen molar-refractivity contribution in [1.82, 2.24) is 39.5 Å². The molecule has 17 nitrogen and oxygen atoms in total. The highest BCUT2D eigenvalue weighted by atomic mass is 19.3. The van der Waals surface area contributed by atoms with E-state index in [1.165, 1.54) is 28.9 Å². The van der Waals surface area contributed by atoms with Gasteiger partial charge in [0, 0.05) is 63.6 Å². The van der Waals surface area contributed by atoms with Crippen molar-refractivity contribution in [2.24, 2.45) is 11.8 Å². The van der Waals surface area contributed by atoms with E-state index in [9.17, 15) is 33.1 Å². The maximum absolute atomic E-state index is 14.3. The summed E-state index contributed by atoms with van der Waals surface area (Å²) in [4.78, 5) is 63.5. The number of anilines is 3. The van der Waals surface area contributed by atoms with Crippen molar-refractivity contribution >= 4 is 46.6 Å². The smallest absolute Gasteiger partial charge is 0.328 e. The Kier molecular flexibility index (Phi) is 13.0. The Morgan fingerprint density at radius 1 is 1.03 bits per heavy atom. The Bertz CT molecular complexity index is 2270. The van der Waals surface area contributed by atoms with Crippen LogP contribution in [0.4, 0.5) is 30.8 Å². The Balaban J connectivity index is 0.794. The van der Waals surface area contributed by atoms with Gasteiger partial charge in [-0.25, -0.2) is 23.1 Å². The Labute approximate surface area is 358 Å².